The van der Waals surface area contributed by atoms with E-state index in [-0.39, 0.29) is 11.5 Å². The molecule has 1 aliphatic rings. The van der Waals surface area contributed by atoms with E-state index in [1.807, 2.05) is 54.4 Å². The number of ether oxygens (including phenoxy) is 1. The summed E-state index contributed by atoms with van der Waals surface area (Å²) >= 11 is 0. The van der Waals surface area contributed by atoms with Gasteiger partial charge in [-0.1, -0.05) is 37.3 Å². The second-order valence-electron chi connectivity index (χ2n) is 7.75. The lowest BCUT2D eigenvalue weighted by molar-refractivity contribution is -0.123. The number of H-pyrrole nitrogens is 1. The van der Waals surface area contributed by atoms with Gasteiger partial charge in [-0.15, -0.1) is 0 Å². The van der Waals surface area contributed by atoms with E-state index in [9.17, 15) is 18.0 Å². The summed E-state index contributed by atoms with van der Waals surface area (Å²) in [5.41, 5.74) is 2.11. The maximum Gasteiger partial charge on any atom is 0.272 e. The number of hydrazine groups is 1. The van der Waals surface area contributed by atoms with Gasteiger partial charge in [-0.25, -0.2) is 15.1 Å². The molecule has 182 valence electrons. The molecule has 0 unspecified atom stereocenters. The van der Waals surface area contributed by atoms with Crippen molar-refractivity contribution in [2.75, 3.05) is 37.6 Å². The fourth-order valence-corrected chi connectivity index (χ4v) is 3.66. The van der Waals surface area contributed by atoms with E-state index >= 15 is 0 Å². The number of fused-ring (bicyclic) bond motifs is 1. The summed E-state index contributed by atoms with van der Waals surface area (Å²) in [4.78, 5) is 25.0. The van der Waals surface area contributed by atoms with Crippen LogP contribution in [0.25, 0.3) is 22.0 Å². The van der Waals surface area contributed by atoms with Gasteiger partial charge < -0.3 is 4.74 Å². The molecule has 2 heterocycles. The molecule has 0 aliphatic carbocycles. The lowest BCUT2D eigenvalue weighted by Crippen LogP contribution is -2.51. The minimum Gasteiger partial charge on any atom is -0.379 e. The van der Waals surface area contributed by atoms with Crippen LogP contribution in [-0.4, -0.2) is 66.6 Å². The average molecular weight is 489 g/mol. The predicted octanol–water partition coefficient (Wildman–Crippen LogP) is 2.47. The largest absolute Gasteiger partial charge is 0.379 e. The Morgan fingerprint density at radius 3 is 2.44 bits per heavy atom. The summed E-state index contributed by atoms with van der Waals surface area (Å²) in [6.07, 6.45) is 1.97. The van der Waals surface area contributed by atoms with E-state index in [2.05, 4.69) is 10.2 Å². The number of carbonyl (C=O) groups is 1. The number of hydrogen-bond acceptors (Lipinski definition) is 7. The van der Waals surface area contributed by atoms with Crippen molar-refractivity contribution in [2.45, 2.75) is 19.8 Å². The summed E-state index contributed by atoms with van der Waals surface area (Å²) in [6.45, 7) is 4.53. The molecule has 11 heteroatoms. The number of rotatable bonds is 5. The SMILES string of the molecule is CCCC(=O)N(c1cccc(-c2n[nH]c(=O)c3ccccc23)c1)N1CCOCC1.CS(=O)(=O)O. The van der Waals surface area contributed by atoms with Crippen LogP contribution in [-0.2, 0) is 19.6 Å². The highest BCUT2D eigenvalue weighted by molar-refractivity contribution is 7.85. The molecule has 2 N–H and O–H groups in total. The first-order chi connectivity index (χ1) is 16.2. The number of nitrogens with one attached hydrogen (secondary N) is 1. The number of morpholine rings is 1. The number of carbonyl (C=O) groups excluding carboxylic acids is 1. The lowest BCUT2D eigenvalue weighted by atomic mass is 10.0. The molecule has 1 fully saturated rings. The van der Waals surface area contributed by atoms with E-state index < -0.39 is 10.1 Å². The van der Waals surface area contributed by atoms with E-state index in [0.29, 0.717) is 50.1 Å². The topological polar surface area (TPSA) is 133 Å². The Morgan fingerprint density at radius 1 is 1.15 bits per heavy atom. The number of anilines is 1. The van der Waals surface area contributed by atoms with Crippen LogP contribution in [0.5, 0.6) is 0 Å². The van der Waals surface area contributed by atoms with Crippen molar-refractivity contribution in [3.05, 3.63) is 58.9 Å². The normalized spacial score (nSPS) is 14.3. The van der Waals surface area contributed by atoms with Gasteiger partial charge in [-0.05, 0) is 24.6 Å². The average Bonchev–Trinajstić information content (AvgIpc) is 2.80. The molecule has 1 aliphatic heterocycles. The summed E-state index contributed by atoms with van der Waals surface area (Å²) < 4.78 is 31.3. The molecule has 3 aromatic rings. The maximum atomic E-state index is 12.9. The molecule has 0 spiro atoms. The summed E-state index contributed by atoms with van der Waals surface area (Å²) in [5.74, 6) is 0.0610. The number of aromatic nitrogens is 2. The van der Waals surface area contributed by atoms with Crippen molar-refractivity contribution in [3.63, 3.8) is 0 Å². The molecule has 1 aromatic heterocycles. The smallest absolute Gasteiger partial charge is 0.272 e. The van der Waals surface area contributed by atoms with Crippen molar-refractivity contribution < 1.29 is 22.5 Å². The highest BCUT2D eigenvalue weighted by atomic mass is 32.2. The number of hydrogen-bond donors (Lipinski definition) is 2. The van der Waals surface area contributed by atoms with Crippen LogP contribution in [0.2, 0.25) is 0 Å². The van der Waals surface area contributed by atoms with Gasteiger partial charge in [-0.3, -0.25) is 14.1 Å². The first-order valence-corrected chi connectivity index (χ1v) is 12.7. The van der Waals surface area contributed by atoms with Crippen LogP contribution in [0.15, 0.2) is 53.3 Å². The molecular weight excluding hydrogens is 460 g/mol. The monoisotopic (exact) mass is 488 g/mol. The molecule has 2 aromatic carbocycles. The molecule has 0 saturated carbocycles. The molecule has 0 bridgehead atoms. The van der Waals surface area contributed by atoms with E-state index in [4.69, 9.17) is 9.29 Å². The second-order valence-corrected chi connectivity index (χ2v) is 9.22. The minimum atomic E-state index is -3.67. The van der Waals surface area contributed by atoms with Gasteiger partial charge in [0.1, 0.15) is 0 Å². The van der Waals surface area contributed by atoms with Crippen molar-refractivity contribution in [3.8, 4) is 11.3 Å². The first kappa shape index (κ1) is 25.5. The summed E-state index contributed by atoms with van der Waals surface area (Å²) in [7, 11) is -3.67. The quantitative estimate of drug-likeness (QED) is 0.524. The molecule has 0 atom stereocenters. The third kappa shape index (κ3) is 6.70. The zero-order chi connectivity index (χ0) is 24.7. The third-order valence-corrected chi connectivity index (χ3v) is 5.03. The van der Waals surface area contributed by atoms with Gasteiger partial charge in [0, 0.05) is 30.5 Å². The van der Waals surface area contributed by atoms with Crippen LogP contribution in [0.4, 0.5) is 5.69 Å². The molecular formula is C23H28N4O6S. The minimum absolute atomic E-state index is 0.0610. The second kappa shape index (κ2) is 11.3. The van der Waals surface area contributed by atoms with E-state index in [0.717, 1.165) is 23.1 Å². The number of nitrogens with zero attached hydrogens (tertiary/aromatic N) is 3. The Bertz CT molecular complexity index is 1290. The summed E-state index contributed by atoms with van der Waals surface area (Å²) in [6, 6.07) is 15.1. The Labute approximate surface area is 197 Å². The fourth-order valence-electron chi connectivity index (χ4n) is 3.66. The van der Waals surface area contributed by atoms with Gasteiger partial charge >= 0.3 is 0 Å². The van der Waals surface area contributed by atoms with Crippen LogP contribution in [0.1, 0.15) is 19.8 Å². The van der Waals surface area contributed by atoms with Crippen molar-refractivity contribution >= 4 is 32.5 Å². The number of benzene rings is 2. The zero-order valence-corrected chi connectivity index (χ0v) is 19.9. The molecule has 10 nitrogen and oxygen atoms in total. The zero-order valence-electron chi connectivity index (χ0n) is 19.1. The van der Waals surface area contributed by atoms with Gasteiger partial charge in [0.05, 0.1) is 36.2 Å². The Morgan fingerprint density at radius 2 is 1.79 bits per heavy atom. The number of amides is 1. The lowest BCUT2D eigenvalue weighted by Gasteiger charge is -2.37. The van der Waals surface area contributed by atoms with Gasteiger partial charge in [0.15, 0.2) is 0 Å². The molecule has 1 amide bonds. The Hall–Kier alpha value is -3.12. The Balaban J connectivity index is 0.000000588. The van der Waals surface area contributed by atoms with E-state index in [1.165, 1.54) is 0 Å². The van der Waals surface area contributed by atoms with Crippen LogP contribution < -0.4 is 10.6 Å². The molecule has 4 rings (SSSR count). The molecule has 0 radical (unpaired) electrons. The van der Waals surface area contributed by atoms with Crippen molar-refractivity contribution in [2.24, 2.45) is 0 Å². The van der Waals surface area contributed by atoms with Crippen LogP contribution >= 0.6 is 0 Å². The van der Waals surface area contributed by atoms with Crippen molar-refractivity contribution in [1.29, 1.82) is 0 Å². The number of aromatic amines is 1. The predicted molar refractivity (Wildman–Crippen MR) is 130 cm³/mol. The van der Waals surface area contributed by atoms with E-state index in [1.54, 1.807) is 11.1 Å². The fraction of sp³-hybridized carbons (Fsp3) is 0.348. The highest BCUT2D eigenvalue weighted by Gasteiger charge is 2.25. The Kier molecular flexibility index (Phi) is 8.51. The van der Waals surface area contributed by atoms with Crippen LogP contribution in [0, 0.1) is 0 Å². The van der Waals surface area contributed by atoms with Gasteiger partial charge in [-0.2, -0.15) is 13.5 Å². The first-order valence-electron chi connectivity index (χ1n) is 10.8. The molecule has 34 heavy (non-hydrogen) atoms. The summed E-state index contributed by atoms with van der Waals surface area (Å²) in [5, 5.41) is 12.1. The maximum absolute atomic E-state index is 12.9. The third-order valence-electron chi connectivity index (χ3n) is 5.03. The highest BCUT2D eigenvalue weighted by Crippen LogP contribution is 2.29. The van der Waals surface area contributed by atoms with Gasteiger partial charge in [0.25, 0.3) is 15.7 Å². The standard InChI is InChI=1S/C22H24N4O3.CH4O3S/c1-2-6-20(27)26(25-11-13-29-14-12-25)17-8-5-7-16(15-17)21-18-9-3-4-10-19(18)22(28)24-23-21;1-5(2,3)4/h3-5,7-10,15H,2,6,11-14H2,1H3,(H,24,28);1H3,(H,2,3,4). The molecule has 1 saturated heterocycles. The van der Waals surface area contributed by atoms with Gasteiger partial charge in [0.2, 0.25) is 5.91 Å². The van der Waals surface area contributed by atoms with Crippen LogP contribution in [0.3, 0.4) is 0 Å². The van der Waals surface area contributed by atoms with Crippen molar-refractivity contribution in [1.82, 2.24) is 15.2 Å².